The summed E-state index contributed by atoms with van der Waals surface area (Å²) in [6.45, 7) is 5.34. The number of hydrogen-bond donors (Lipinski definition) is 0. The second-order valence-corrected chi connectivity index (χ2v) is 8.14. The molecular weight excluding hydrogens is 324 g/mol. The molecule has 1 saturated carbocycles. The highest BCUT2D eigenvalue weighted by molar-refractivity contribution is 5.89. The first-order chi connectivity index (χ1) is 12.6. The molecule has 142 valence electrons. The molecule has 1 unspecified atom stereocenters. The normalized spacial score (nSPS) is 21.9. The van der Waals surface area contributed by atoms with Crippen molar-refractivity contribution in [1.82, 2.24) is 9.80 Å². The molecule has 3 rings (SSSR count). The van der Waals surface area contributed by atoms with Crippen LogP contribution in [0.25, 0.3) is 0 Å². The fraction of sp³-hybridized carbons (Fsp3) is 0.636. The Labute approximate surface area is 157 Å². The smallest absolute Gasteiger partial charge is 0.228 e. The average Bonchev–Trinajstić information content (AvgIpc) is 2.84. The van der Waals surface area contributed by atoms with E-state index in [1.54, 1.807) is 0 Å². The Morgan fingerprint density at radius 2 is 1.77 bits per heavy atom. The van der Waals surface area contributed by atoms with Crippen LogP contribution in [0.4, 0.5) is 0 Å². The summed E-state index contributed by atoms with van der Waals surface area (Å²) in [5.41, 5.74) is 1.14. The highest BCUT2D eigenvalue weighted by Gasteiger charge is 2.39. The first-order valence-electron chi connectivity index (χ1n) is 10.2. The Morgan fingerprint density at radius 3 is 2.38 bits per heavy atom. The van der Waals surface area contributed by atoms with E-state index in [-0.39, 0.29) is 23.8 Å². The van der Waals surface area contributed by atoms with Crippen LogP contribution in [0.5, 0.6) is 0 Å². The summed E-state index contributed by atoms with van der Waals surface area (Å²) >= 11 is 0. The molecule has 1 atom stereocenters. The maximum absolute atomic E-state index is 13.2. The van der Waals surface area contributed by atoms with Crippen molar-refractivity contribution in [2.75, 3.05) is 6.54 Å². The van der Waals surface area contributed by atoms with Crippen molar-refractivity contribution < 1.29 is 9.59 Å². The van der Waals surface area contributed by atoms with Gasteiger partial charge in [-0.15, -0.1) is 0 Å². The van der Waals surface area contributed by atoms with Gasteiger partial charge in [-0.2, -0.15) is 0 Å². The molecule has 0 aromatic heterocycles. The van der Waals surface area contributed by atoms with E-state index in [2.05, 4.69) is 26.0 Å². The second-order valence-electron chi connectivity index (χ2n) is 8.14. The van der Waals surface area contributed by atoms with Gasteiger partial charge < -0.3 is 9.80 Å². The highest BCUT2D eigenvalue weighted by atomic mass is 16.2. The summed E-state index contributed by atoms with van der Waals surface area (Å²) in [5, 5.41) is 0. The van der Waals surface area contributed by atoms with Gasteiger partial charge in [-0.3, -0.25) is 9.59 Å². The summed E-state index contributed by atoms with van der Waals surface area (Å²) in [6.07, 6.45) is 7.55. The van der Waals surface area contributed by atoms with Crippen LogP contribution in [0.15, 0.2) is 30.3 Å². The van der Waals surface area contributed by atoms with Crippen LogP contribution in [0.1, 0.15) is 64.4 Å². The minimum Gasteiger partial charge on any atom is -0.339 e. The standard InChI is InChI=1S/C22H32N2O2/c1-17(2)23(15-18-10-6-5-7-11-18)22(26)19-14-21(25)24(16-19)20-12-8-3-4-9-13-20/h5-7,10-11,17,19-20H,3-4,8-9,12-16H2,1-2H3. The van der Waals surface area contributed by atoms with Crippen molar-refractivity contribution >= 4 is 11.8 Å². The van der Waals surface area contributed by atoms with Crippen molar-refractivity contribution in [3.8, 4) is 0 Å². The first-order valence-corrected chi connectivity index (χ1v) is 10.2. The Bertz CT molecular complexity index is 606. The predicted octanol–water partition coefficient (Wildman–Crippen LogP) is 3.99. The van der Waals surface area contributed by atoms with Gasteiger partial charge in [-0.25, -0.2) is 0 Å². The third-order valence-corrected chi connectivity index (χ3v) is 5.88. The van der Waals surface area contributed by atoms with Gasteiger partial charge in [0.15, 0.2) is 0 Å². The summed E-state index contributed by atoms with van der Waals surface area (Å²) in [7, 11) is 0. The SMILES string of the molecule is CC(C)N(Cc1ccccc1)C(=O)C1CC(=O)N(C2CCCCCC2)C1. The van der Waals surface area contributed by atoms with Gasteiger partial charge in [0.2, 0.25) is 11.8 Å². The number of carbonyl (C=O) groups excluding carboxylic acids is 2. The molecule has 4 nitrogen and oxygen atoms in total. The van der Waals surface area contributed by atoms with Gasteiger partial charge >= 0.3 is 0 Å². The topological polar surface area (TPSA) is 40.6 Å². The van der Waals surface area contributed by atoms with Crippen molar-refractivity contribution in [2.45, 2.75) is 77.4 Å². The third-order valence-electron chi connectivity index (χ3n) is 5.88. The van der Waals surface area contributed by atoms with Gasteiger partial charge in [-0.05, 0) is 32.3 Å². The van der Waals surface area contributed by atoms with Gasteiger partial charge in [0.25, 0.3) is 0 Å². The molecule has 1 heterocycles. The zero-order chi connectivity index (χ0) is 18.5. The summed E-state index contributed by atoms with van der Waals surface area (Å²) < 4.78 is 0. The molecule has 4 heteroatoms. The first kappa shape index (κ1) is 18.9. The quantitative estimate of drug-likeness (QED) is 0.748. The molecule has 0 bridgehead atoms. The zero-order valence-electron chi connectivity index (χ0n) is 16.2. The molecule has 0 radical (unpaired) electrons. The Kier molecular flexibility index (Phi) is 6.33. The number of carbonyl (C=O) groups is 2. The van der Waals surface area contributed by atoms with Crippen molar-refractivity contribution in [3.63, 3.8) is 0 Å². The number of hydrogen-bond acceptors (Lipinski definition) is 2. The van der Waals surface area contributed by atoms with E-state index >= 15 is 0 Å². The van der Waals surface area contributed by atoms with E-state index in [1.165, 1.54) is 25.7 Å². The van der Waals surface area contributed by atoms with E-state index in [1.807, 2.05) is 28.0 Å². The Morgan fingerprint density at radius 1 is 1.12 bits per heavy atom. The molecule has 2 amide bonds. The molecule has 1 saturated heterocycles. The lowest BCUT2D eigenvalue weighted by Gasteiger charge is -2.30. The fourth-order valence-electron chi connectivity index (χ4n) is 4.35. The number of amides is 2. The van der Waals surface area contributed by atoms with E-state index in [4.69, 9.17) is 0 Å². The predicted molar refractivity (Wildman–Crippen MR) is 103 cm³/mol. The zero-order valence-corrected chi connectivity index (χ0v) is 16.2. The Hall–Kier alpha value is -1.84. The van der Waals surface area contributed by atoms with Crippen molar-refractivity contribution in [2.24, 2.45) is 5.92 Å². The Balaban J connectivity index is 1.66. The molecule has 2 fully saturated rings. The average molecular weight is 357 g/mol. The molecule has 1 aromatic carbocycles. The molecule has 1 aliphatic carbocycles. The number of nitrogens with zero attached hydrogens (tertiary/aromatic N) is 2. The molecule has 1 aliphatic heterocycles. The van der Waals surface area contributed by atoms with Crippen molar-refractivity contribution in [3.05, 3.63) is 35.9 Å². The van der Waals surface area contributed by atoms with E-state index in [0.717, 1.165) is 18.4 Å². The van der Waals surface area contributed by atoms with Crippen LogP contribution >= 0.6 is 0 Å². The van der Waals surface area contributed by atoms with Gasteiger partial charge in [0, 0.05) is 31.6 Å². The third kappa shape index (κ3) is 4.46. The fourth-order valence-corrected chi connectivity index (χ4v) is 4.35. The lowest BCUT2D eigenvalue weighted by atomic mass is 10.0. The molecule has 26 heavy (non-hydrogen) atoms. The van der Waals surface area contributed by atoms with Crippen LogP contribution in [0.3, 0.4) is 0 Å². The highest BCUT2D eigenvalue weighted by Crippen LogP contribution is 2.29. The largest absolute Gasteiger partial charge is 0.339 e. The second kappa shape index (κ2) is 8.70. The van der Waals surface area contributed by atoms with E-state index < -0.39 is 0 Å². The van der Waals surface area contributed by atoms with Gasteiger partial charge in [-0.1, -0.05) is 56.0 Å². The maximum atomic E-state index is 13.2. The minimum absolute atomic E-state index is 0.129. The van der Waals surface area contributed by atoms with Crippen LogP contribution in [0, 0.1) is 5.92 Å². The maximum Gasteiger partial charge on any atom is 0.228 e. The van der Waals surface area contributed by atoms with E-state index in [9.17, 15) is 9.59 Å². The van der Waals surface area contributed by atoms with E-state index in [0.29, 0.717) is 25.6 Å². The van der Waals surface area contributed by atoms with Crippen LogP contribution in [-0.2, 0) is 16.1 Å². The number of rotatable bonds is 5. The molecule has 0 N–H and O–H groups in total. The van der Waals surface area contributed by atoms with Crippen molar-refractivity contribution in [1.29, 1.82) is 0 Å². The van der Waals surface area contributed by atoms with Gasteiger partial charge in [0.05, 0.1) is 5.92 Å². The van der Waals surface area contributed by atoms with Crippen LogP contribution in [-0.4, -0.2) is 40.2 Å². The van der Waals surface area contributed by atoms with Crippen LogP contribution < -0.4 is 0 Å². The molecular formula is C22H32N2O2. The summed E-state index contributed by atoms with van der Waals surface area (Å²) in [4.78, 5) is 29.7. The van der Waals surface area contributed by atoms with Gasteiger partial charge in [0.1, 0.15) is 0 Å². The number of benzene rings is 1. The lowest BCUT2D eigenvalue weighted by molar-refractivity contribution is -0.138. The molecule has 1 aromatic rings. The summed E-state index contributed by atoms with van der Waals surface area (Å²) in [6, 6.07) is 10.6. The molecule has 2 aliphatic rings. The summed E-state index contributed by atoms with van der Waals surface area (Å²) in [5.74, 6) is 0.129. The minimum atomic E-state index is -0.183. The lowest BCUT2D eigenvalue weighted by Crippen LogP contribution is -2.42. The molecule has 0 spiro atoms. The number of likely N-dealkylation sites (tertiary alicyclic amines) is 1. The monoisotopic (exact) mass is 356 g/mol. The van der Waals surface area contributed by atoms with Crippen LogP contribution in [0.2, 0.25) is 0 Å².